The molecule has 0 unspecified atom stereocenters. The van der Waals surface area contributed by atoms with Gasteiger partial charge in [0.05, 0.1) is 11.6 Å². The van der Waals surface area contributed by atoms with Crippen molar-refractivity contribution in [2.75, 3.05) is 13.1 Å². The zero-order chi connectivity index (χ0) is 14.0. The molecule has 1 aromatic heterocycles. The zero-order valence-electron chi connectivity index (χ0n) is 11.3. The van der Waals surface area contributed by atoms with Crippen molar-refractivity contribution < 1.29 is 14.7 Å². The van der Waals surface area contributed by atoms with Crippen molar-refractivity contribution >= 4 is 11.9 Å². The third kappa shape index (κ3) is 2.77. The van der Waals surface area contributed by atoms with Gasteiger partial charge in [-0.2, -0.15) is 5.10 Å². The van der Waals surface area contributed by atoms with Gasteiger partial charge in [0.2, 0.25) is 0 Å². The molecule has 1 atom stereocenters. The molecule has 0 bridgehead atoms. The SMILES string of the molecule is CCc1cc(C(=O)N2CCC[C@@H](C(=O)O)C2)n(C)n1. The van der Waals surface area contributed by atoms with Gasteiger partial charge in [-0.1, -0.05) is 6.92 Å². The number of hydrogen-bond donors (Lipinski definition) is 1. The number of piperidine rings is 1. The van der Waals surface area contributed by atoms with Gasteiger partial charge in [-0.25, -0.2) is 0 Å². The molecule has 1 saturated heterocycles. The molecular formula is C13H19N3O3. The second-order valence-electron chi connectivity index (χ2n) is 4.93. The van der Waals surface area contributed by atoms with E-state index in [1.54, 1.807) is 22.7 Å². The molecule has 0 aliphatic carbocycles. The molecule has 2 rings (SSSR count). The number of likely N-dealkylation sites (tertiary alicyclic amines) is 1. The molecule has 1 aliphatic heterocycles. The highest BCUT2D eigenvalue weighted by molar-refractivity contribution is 5.93. The Morgan fingerprint density at radius 1 is 1.53 bits per heavy atom. The van der Waals surface area contributed by atoms with Crippen LogP contribution in [-0.4, -0.2) is 44.8 Å². The first-order valence-corrected chi connectivity index (χ1v) is 6.58. The predicted molar refractivity (Wildman–Crippen MR) is 68.8 cm³/mol. The first kappa shape index (κ1) is 13.6. The van der Waals surface area contributed by atoms with E-state index >= 15 is 0 Å². The van der Waals surface area contributed by atoms with Crippen molar-refractivity contribution in [3.63, 3.8) is 0 Å². The van der Waals surface area contributed by atoms with Crippen LogP contribution >= 0.6 is 0 Å². The summed E-state index contributed by atoms with van der Waals surface area (Å²) in [7, 11) is 1.74. The lowest BCUT2D eigenvalue weighted by atomic mass is 9.98. The normalized spacial score (nSPS) is 19.5. The second-order valence-corrected chi connectivity index (χ2v) is 4.93. The van der Waals surface area contributed by atoms with Crippen LogP contribution in [0.5, 0.6) is 0 Å². The van der Waals surface area contributed by atoms with Crippen LogP contribution in [0.15, 0.2) is 6.07 Å². The summed E-state index contributed by atoms with van der Waals surface area (Å²) in [4.78, 5) is 25.0. The number of carboxylic acid groups (broad SMARTS) is 1. The third-order valence-electron chi connectivity index (χ3n) is 3.57. The van der Waals surface area contributed by atoms with Crippen molar-refractivity contribution in [2.24, 2.45) is 13.0 Å². The second kappa shape index (κ2) is 5.42. The van der Waals surface area contributed by atoms with Crippen molar-refractivity contribution in [3.8, 4) is 0 Å². The van der Waals surface area contributed by atoms with Crippen LogP contribution in [0.2, 0.25) is 0 Å². The fourth-order valence-corrected chi connectivity index (χ4v) is 2.42. The largest absolute Gasteiger partial charge is 0.481 e. The molecule has 1 aliphatic rings. The van der Waals surface area contributed by atoms with Crippen LogP contribution in [-0.2, 0) is 18.3 Å². The molecule has 1 aromatic rings. The summed E-state index contributed by atoms with van der Waals surface area (Å²) in [5, 5.41) is 13.3. The first-order chi connectivity index (χ1) is 9.02. The molecular weight excluding hydrogens is 246 g/mol. The summed E-state index contributed by atoms with van der Waals surface area (Å²) in [6.07, 6.45) is 2.16. The summed E-state index contributed by atoms with van der Waals surface area (Å²) in [5.74, 6) is -1.39. The average molecular weight is 265 g/mol. The lowest BCUT2D eigenvalue weighted by molar-refractivity contribution is -0.143. The van der Waals surface area contributed by atoms with E-state index in [0.29, 0.717) is 25.2 Å². The number of nitrogens with zero attached hydrogens (tertiary/aromatic N) is 3. The smallest absolute Gasteiger partial charge is 0.308 e. The van der Waals surface area contributed by atoms with E-state index in [1.807, 2.05) is 6.92 Å². The third-order valence-corrected chi connectivity index (χ3v) is 3.57. The van der Waals surface area contributed by atoms with Crippen molar-refractivity contribution in [1.29, 1.82) is 0 Å². The summed E-state index contributed by atoms with van der Waals surface area (Å²) in [6, 6.07) is 1.78. The Morgan fingerprint density at radius 2 is 2.26 bits per heavy atom. The minimum Gasteiger partial charge on any atom is -0.481 e. The molecule has 19 heavy (non-hydrogen) atoms. The van der Waals surface area contributed by atoms with E-state index in [9.17, 15) is 9.59 Å². The van der Waals surface area contributed by atoms with Crippen LogP contribution < -0.4 is 0 Å². The number of carboxylic acids is 1. The molecule has 0 aromatic carbocycles. The summed E-state index contributed by atoms with van der Waals surface area (Å²) in [6.45, 7) is 2.90. The maximum absolute atomic E-state index is 12.4. The maximum atomic E-state index is 12.4. The molecule has 1 fully saturated rings. The van der Waals surface area contributed by atoms with Gasteiger partial charge in [-0.3, -0.25) is 14.3 Å². The van der Waals surface area contributed by atoms with Crippen LogP contribution in [0.25, 0.3) is 0 Å². The standard InChI is InChI=1S/C13H19N3O3/c1-3-10-7-11(15(2)14-10)12(17)16-6-4-5-9(8-16)13(18)19/h7,9H,3-6,8H2,1-2H3,(H,18,19)/t9-/m1/s1. The first-order valence-electron chi connectivity index (χ1n) is 6.58. The fraction of sp³-hybridized carbons (Fsp3) is 0.615. The number of aromatic nitrogens is 2. The number of hydrogen-bond acceptors (Lipinski definition) is 3. The van der Waals surface area contributed by atoms with Gasteiger partial charge >= 0.3 is 5.97 Å². The van der Waals surface area contributed by atoms with E-state index < -0.39 is 11.9 Å². The van der Waals surface area contributed by atoms with Crippen LogP contribution in [0.4, 0.5) is 0 Å². The summed E-state index contributed by atoms with van der Waals surface area (Å²) in [5.41, 5.74) is 1.40. The molecule has 1 amide bonds. The van der Waals surface area contributed by atoms with Crippen LogP contribution in [0, 0.1) is 5.92 Å². The molecule has 6 heteroatoms. The lowest BCUT2D eigenvalue weighted by Gasteiger charge is -2.30. The number of amides is 1. The summed E-state index contributed by atoms with van der Waals surface area (Å²) >= 11 is 0. The van der Waals surface area contributed by atoms with Gasteiger partial charge in [0.1, 0.15) is 5.69 Å². The van der Waals surface area contributed by atoms with Crippen molar-refractivity contribution in [3.05, 3.63) is 17.5 Å². The van der Waals surface area contributed by atoms with E-state index in [-0.39, 0.29) is 5.91 Å². The van der Waals surface area contributed by atoms with Gasteiger partial charge in [-0.05, 0) is 25.3 Å². The Hall–Kier alpha value is -1.85. The molecule has 0 radical (unpaired) electrons. The Labute approximate surface area is 112 Å². The molecule has 6 nitrogen and oxygen atoms in total. The van der Waals surface area contributed by atoms with Crippen molar-refractivity contribution in [2.45, 2.75) is 26.2 Å². The molecule has 0 spiro atoms. The molecule has 2 heterocycles. The highest BCUT2D eigenvalue weighted by Crippen LogP contribution is 2.19. The number of carbonyl (C=O) groups excluding carboxylic acids is 1. The zero-order valence-corrected chi connectivity index (χ0v) is 11.3. The lowest BCUT2D eigenvalue weighted by Crippen LogP contribution is -2.42. The van der Waals surface area contributed by atoms with Gasteiger partial charge < -0.3 is 10.0 Å². The van der Waals surface area contributed by atoms with E-state index in [1.165, 1.54) is 0 Å². The quantitative estimate of drug-likeness (QED) is 0.881. The van der Waals surface area contributed by atoms with Gasteiger partial charge in [-0.15, -0.1) is 0 Å². The number of rotatable bonds is 3. The minimum atomic E-state index is -0.822. The van der Waals surface area contributed by atoms with Crippen LogP contribution in [0.3, 0.4) is 0 Å². The Bertz CT molecular complexity index is 495. The molecule has 104 valence electrons. The highest BCUT2D eigenvalue weighted by atomic mass is 16.4. The highest BCUT2D eigenvalue weighted by Gasteiger charge is 2.29. The number of carbonyl (C=O) groups is 2. The minimum absolute atomic E-state index is 0.124. The van der Waals surface area contributed by atoms with E-state index in [0.717, 1.165) is 18.5 Å². The van der Waals surface area contributed by atoms with E-state index in [4.69, 9.17) is 5.11 Å². The van der Waals surface area contributed by atoms with Crippen LogP contribution in [0.1, 0.15) is 35.9 Å². The van der Waals surface area contributed by atoms with E-state index in [2.05, 4.69) is 5.10 Å². The van der Waals surface area contributed by atoms with Crippen molar-refractivity contribution in [1.82, 2.24) is 14.7 Å². The number of aryl methyl sites for hydroxylation is 2. The predicted octanol–water partition coefficient (Wildman–Crippen LogP) is 0.919. The fourth-order valence-electron chi connectivity index (χ4n) is 2.42. The van der Waals surface area contributed by atoms with Gasteiger partial charge in [0.15, 0.2) is 0 Å². The topological polar surface area (TPSA) is 75.4 Å². The van der Waals surface area contributed by atoms with Gasteiger partial charge in [0.25, 0.3) is 5.91 Å². The molecule has 1 N–H and O–H groups in total. The maximum Gasteiger partial charge on any atom is 0.308 e. The monoisotopic (exact) mass is 265 g/mol. The molecule has 0 saturated carbocycles. The average Bonchev–Trinajstić information content (AvgIpc) is 2.79. The number of aliphatic carboxylic acids is 1. The Kier molecular flexibility index (Phi) is 3.87. The summed E-state index contributed by atoms with van der Waals surface area (Å²) < 4.78 is 1.57. The van der Waals surface area contributed by atoms with Gasteiger partial charge in [0, 0.05) is 20.1 Å². The Morgan fingerprint density at radius 3 is 2.84 bits per heavy atom. The Balaban J connectivity index is 2.14.